The lowest BCUT2D eigenvalue weighted by atomic mass is 9.75. The summed E-state index contributed by atoms with van der Waals surface area (Å²) in [5, 5.41) is 23.5. The molecule has 1 saturated carbocycles. The van der Waals surface area contributed by atoms with E-state index in [1.54, 1.807) is 18.3 Å². The van der Waals surface area contributed by atoms with Gasteiger partial charge >= 0.3 is 0 Å². The lowest BCUT2D eigenvalue weighted by Crippen LogP contribution is -2.61. The molecule has 1 aliphatic carbocycles. The predicted molar refractivity (Wildman–Crippen MR) is 134 cm³/mol. The number of pyridine rings is 1. The number of aromatic hydroxyl groups is 1. The number of methoxy groups -OCH3 is 1. The Bertz CT molecular complexity index is 1270. The van der Waals surface area contributed by atoms with Gasteiger partial charge in [-0.25, -0.2) is 14.4 Å². The van der Waals surface area contributed by atoms with Crippen LogP contribution in [-0.4, -0.2) is 56.0 Å². The van der Waals surface area contributed by atoms with Gasteiger partial charge in [-0.2, -0.15) is 0 Å². The first-order valence-corrected chi connectivity index (χ1v) is 12.7. The Morgan fingerprint density at radius 2 is 1.94 bits per heavy atom. The molecular weight excluding hydrogens is 459 g/mol. The number of benzene rings is 1. The molecule has 2 bridgehead atoms. The molecule has 4 heterocycles. The maximum Gasteiger partial charge on any atom is 0.213 e. The summed E-state index contributed by atoms with van der Waals surface area (Å²) in [6.07, 6.45) is 11.2. The number of hydrogen-bond acceptors (Lipinski definition) is 8. The molecule has 8 nitrogen and oxygen atoms in total. The minimum Gasteiger partial charge on any atom is -0.507 e. The number of fused-ring (bicyclic) bond motifs is 2. The van der Waals surface area contributed by atoms with Crippen molar-refractivity contribution in [2.24, 2.45) is 0 Å². The van der Waals surface area contributed by atoms with Crippen molar-refractivity contribution in [1.29, 1.82) is 0 Å². The number of aromatic nitrogens is 4. The van der Waals surface area contributed by atoms with Crippen LogP contribution >= 0.6 is 0 Å². The fraction of sp³-hybridized carbons (Fsp3) is 0.481. The van der Waals surface area contributed by atoms with Crippen molar-refractivity contribution in [2.45, 2.75) is 75.5 Å². The monoisotopic (exact) mass is 490 g/mol. The molecule has 188 valence electrons. The molecule has 0 unspecified atom stereocenters. The number of piperidine rings is 2. The second kappa shape index (κ2) is 8.96. The Morgan fingerprint density at radius 3 is 2.64 bits per heavy atom. The van der Waals surface area contributed by atoms with E-state index < -0.39 is 5.82 Å². The highest BCUT2D eigenvalue weighted by Crippen LogP contribution is 2.41. The standard InChI is InChI=1S/C27H31FN6O2/c1-27-9-3-4-17(31-27)11-19(13-27)34(18-6-7-18)24-15-30-26(33-32-24)20-8-5-16(10-23(20)35)21-12-25(36-2)29-14-22(21)28/h5,8,10,12,14-15,17-19,31,35H,3-4,6-7,9,11,13H2,1-2H3/t17-,19-,27+/m0/s1. The molecule has 6 rings (SSSR count). The van der Waals surface area contributed by atoms with Crippen molar-refractivity contribution in [3.8, 4) is 34.1 Å². The van der Waals surface area contributed by atoms with E-state index >= 15 is 0 Å². The van der Waals surface area contributed by atoms with Gasteiger partial charge in [0.2, 0.25) is 5.88 Å². The highest BCUT2D eigenvalue weighted by Gasteiger charge is 2.45. The summed E-state index contributed by atoms with van der Waals surface area (Å²) in [5.74, 6) is 0.888. The summed E-state index contributed by atoms with van der Waals surface area (Å²) in [7, 11) is 1.47. The van der Waals surface area contributed by atoms with Crippen LogP contribution in [0.15, 0.2) is 36.7 Å². The number of hydrogen-bond donors (Lipinski definition) is 2. The van der Waals surface area contributed by atoms with E-state index in [0.29, 0.717) is 46.5 Å². The molecule has 2 N–H and O–H groups in total. The molecule has 36 heavy (non-hydrogen) atoms. The molecule has 3 atom stereocenters. The summed E-state index contributed by atoms with van der Waals surface area (Å²) in [6, 6.07) is 7.88. The van der Waals surface area contributed by atoms with E-state index in [-0.39, 0.29) is 11.3 Å². The molecule has 0 spiro atoms. The lowest BCUT2D eigenvalue weighted by molar-refractivity contribution is 0.138. The van der Waals surface area contributed by atoms with Crippen LogP contribution in [0.4, 0.5) is 10.2 Å². The molecule has 2 aliphatic heterocycles. The van der Waals surface area contributed by atoms with Crippen LogP contribution in [0, 0.1) is 5.82 Å². The number of phenols is 1. The average Bonchev–Trinajstić information content (AvgIpc) is 3.69. The van der Waals surface area contributed by atoms with Crippen LogP contribution in [-0.2, 0) is 0 Å². The van der Waals surface area contributed by atoms with E-state index in [1.165, 1.54) is 51.3 Å². The smallest absolute Gasteiger partial charge is 0.213 e. The molecular formula is C27H31FN6O2. The van der Waals surface area contributed by atoms with Gasteiger partial charge < -0.3 is 20.1 Å². The van der Waals surface area contributed by atoms with Crippen LogP contribution in [0.5, 0.6) is 11.6 Å². The van der Waals surface area contributed by atoms with Gasteiger partial charge in [0.1, 0.15) is 11.6 Å². The number of nitrogens with zero attached hydrogens (tertiary/aromatic N) is 5. The van der Waals surface area contributed by atoms with E-state index in [9.17, 15) is 9.50 Å². The Hall–Kier alpha value is -3.33. The highest BCUT2D eigenvalue weighted by molar-refractivity contribution is 5.73. The molecule has 1 aromatic carbocycles. The van der Waals surface area contributed by atoms with Gasteiger partial charge in [0, 0.05) is 35.3 Å². The first kappa shape index (κ1) is 23.1. The number of rotatable bonds is 6. The van der Waals surface area contributed by atoms with Gasteiger partial charge in [0.05, 0.1) is 25.1 Å². The summed E-state index contributed by atoms with van der Waals surface area (Å²) < 4.78 is 19.4. The van der Waals surface area contributed by atoms with E-state index in [2.05, 4.69) is 37.3 Å². The van der Waals surface area contributed by atoms with Gasteiger partial charge in [0.25, 0.3) is 0 Å². The Kier molecular flexibility index (Phi) is 5.75. The predicted octanol–water partition coefficient (Wildman–Crippen LogP) is 4.49. The largest absolute Gasteiger partial charge is 0.507 e. The van der Waals surface area contributed by atoms with Crippen molar-refractivity contribution in [3.05, 3.63) is 42.5 Å². The number of halogens is 1. The maximum absolute atomic E-state index is 14.3. The zero-order chi connectivity index (χ0) is 24.9. The summed E-state index contributed by atoms with van der Waals surface area (Å²) in [4.78, 5) is 10.9. The van der Waals surface area contributed by atoms with Gasteiger partial charge in [0.15, 0.2) is 11.6 Å². The van der Waals surface area contributed by atoms with Crippen molar-refractivity contribution in [2.75, 3.05) is 12.0 Å². The molecule has 2 saturated heterocycles. The minimum atomic E-state index is -0.499. The van der Waals surface area contributed by atoms with Crippen LogP contribution < -0.4 is 15.0 Å². The summed E-state index contributed by atoms with van der Waals surface area (Å²) in [5.41, 5.74) is 1.43. The topological polar surface area (TPSA) is 96.3 Å². The zero-order valence-electron chi connectivity index (χ0n) is 20.6. The Balaban J connectivity index is 1.25. The van der Waals surface area contributed by atoms with E-state index in [4.69, 9.17) is 4.74 Å². The molecule has 2 aromatic heterocycles. The van der Waals surface area contributed by atoms with E-state index in [0.717, 1.165) is 24.9 Å². The number of nitrogens with one attached hydrogen (secondary N) is 1. The summed E-state index contributed by atoms with van der Waals surface area (Å²) >= 11 is 0. The van der Waals surface area contributed by atoms with Gasteiger partial charge in [-0.05, 0) is 63.1 Å². The third-order valence-corrected chi connectivity index (χ3v) is 7.81. The first-order valence-electron chi connectivity index (χ1n) is 12.7. The zero-order valence-corrected chi connectivity index (χ0v) is 20.6. The highest BCUT2D eigenvalue weighted by atomic mass is 19.1. The third kappa shape index (κ3) is 4.36. The fourth-order valence-electron chi connectivity index (χ4n) is 6.03. The molecule has 3 aromatic rings. The van der Waals surface area contributed by atoms with Crippen molar-refractivity contribution < 1.29 is 14.2 Å². The third-order valence-electron chi connectivity index (χ3n) is 7.81. The maximum atomic E-state index is 14.3. The molecule has 9 heteroatoms. The average molecular weight is 491 g/mol. The lowest BCUT2D eigenvalue weighted by Gasteiger charge is -2.50. The molecule has 0 radical (unpaired) electrons. The second-order valence-electron chi connectivity index (χ2n) is 10.6. The normalized spacial score (nSPS) is 25.4. The molecule has 0 amide bonds. The number of anilines is 1. The second-order valence-corrected chi connectivity index (χ2v) is 10.6. The molecule has 3 aliphatic rings. The fourth-order valence-corrected chi connectivity index (χ4v) is 6.03. The van der Waals surface area contributed by atoms with Crippen molar-refractivity contribution in [1.82, 2.24) is 25.5 Å². The quantitative estimate of drug-likeness (QED) is 0.522. The Labute approximate surface area is 210 Å². The van der Waals surface area contributed by atoms with Crippen LogP contribution in [0.1, 0.15) is 51.9 Å². The summed E-state index contributed by atoms with van der Waals surface area (Å²) in [6.45, 7) is 2.35. The number of phenolic OH excluding ortho intramolecular Hbond substituents is 1. The Morgan fingerprint density at radius 1 is 1.08 bits per heavy atom. The van der Waals surface area contributed by atoms with Gasteiger partial charge in [-0.1, -0.05) is 12.5 Å². The van der Waals surface area contributed by atoms with Gasteiger partial charge in [-0.15, -0.1) is 10.2 Å². The van der Waals surface area contributed by atoms with Crippen LogP contribution in [0.3, 0.4) is 0 Å². The number of ether oxygens (including phenoxy) is 1. The van der Waals surface area contributed by atoms with E-state index in [1.807, 2.05) is 0 Å². The first-order chi connectivity index (χ1) is 17.4. The minimum absolute atomic E-state index is 0.0459. The van der Waals surface area contributed by atoms with Gasteiger partial charge in [-0.3, -0.25) is 0 Å². The SMILES string of the molecule is COc1cc(-c2ccc(-c3ncc(N(C4CC4)[C@H]4C[C@@H]5CCC[C@](C)(C4)N5)nn3)c(O)c2)c(F)cn1. The van der Waals surface area contributed by atoms with Crippen molar-refractivity contribution >= 4 is 5.82 Å². The van der Waals surface area contributed by atoms with Crippen LogP contribution in [0.25, 0.3) is 22.5 Å². The van der Waals surface area contributed by atoms with Crippen LogP contribution in [0.2, 0.25) is 0 Å². The molecule has 3 fully saturated rings. The van der Waals surface area contributed by atoms with Crippen molar-refractivity contribution in [3.63, 3.8) is 0 Å².